The van der Waals surface area contributed by atoms with Crippen molar-refractivity contribution >= 4 is 29.5 Å². The van der Waals surface area contributed by atoms with Gasteiger partial charge < -0.3 is 20.3 Å². The first kappa shape index (κ1) is 33.1. The average molecular weight is 592 g/mol. The predicted octanol–water partition coefficient (Wildman–Crippen LogP) is 4.68. The van der Waals surface area contributed by atoms with E-state index in [4.69, 9.17) is 16.3 Å². The van der Waals surface area contributed by atoms with E-state index in [0.29, 0.717) is 31.1 Å². The van der Waals surface area contributed by atoms with Crippen molar-refractivity contribution in [2.45, 2.75) is 116 Å². The normalized spacial score (nSPS) is 20.0. The molecule has 1 saturated carbocycles. The number of hydrazine groups is 1. The number of nitrogens with one attached hydrogen (secondary N) is 3. The van der Waals surface area contributed by atoms with Crippen LogP contribution in [0.5, 0.6) is 0 Å². The number of nitrogens with zero attached hydrogens (tertiary/aromatic N) is 2. The van der Waals surface area contributed by atoms with Crippen molar-refractivity contribution in [1.82, 2.24) is 26.0 Å². The fourth-order valence-corrected chi connectivity index (χ4v) is 5.78. The van der Waals surface area contributed by atoms with E-state index in [1.54, 1.807) is 0 Å². The van der Waals surface area contributed by atoms with E-state index in [-0.39, 0.29) is 35.9 Å². The highest BCUT2D eigenvalue weighted by molar-refractivity contribution is 6.30. The number of ether oxygens (including phenoxy) is 1. The lowest BCUT2D eigenvalue weighted by Crippen LogP contribution is -2.56. The van der Waals surface area contributed by atoms with Gasteiger partial charge in [-0.1, -0.05) is 56.8 Å². The summed E-state index contributed by atoms with van der Waals surface area (Å²) in [6, 6.07) is 7.11. The second kappa shape index (κ2) is 15.2. The maximum Gasteiger partial charge on any atom is 0.407 e. The van der Waals surface area contributed by atoms with Crippen LogP contribution in [0, 0.1) is 5.92 Å². The highest BCUT2D eigenvalue weighted by atomic mass is 35.5. The van der Waals surface area contributed by atoms with Crippen molar-refractivity contribution < 1.29 is 19.1 Å². The van der Waals surface area contributed by atoms with Crippen molar-refractivity contribution in [3.05, 3.63) is 34.9 Å². The molecular weight excluding hydrogens is 542 g/mol. The van der Waals surface area contributed by atoms with Gasteiger partial charge in [-0.05, 0) is 71.1 Å². The van der Waals surface area contributed by atoms with Gasteiger partial charge in [0.05, 0.1) is 6.04 Å². The standard InChI is InChI=1S/C31H50ClN5O4/c1-21(2)29(39)37(25-10-8-7-9-11-25)26-16-17-36(20-26)35-28(38)27(18-23-12-14-24(32)15-13-23)34-22(3)19-33-30(40)41-31(4,5)6/h12-15,21-22,25-27,34H,7-11,16-20H2,1-6H3,(H,33,40)(H,35,38)/t22?,26-,27+/m0/s1. The van der Waals surface area contributed by atoms with Gasteiger partial charge >= 0.3 is 6.09 Å². The molecule has 10 heteroatoms. The second-order valence-corrected chi connectivity index (χ2v) is 13.3. The molecular formula is C31H50ClN5O4. The van der Waals surface area contributed by atoms with Gasteiger partial charge in [0.25, 0.3) is 5.91 Å². The molecule has 3 amide bonds. The third kappa shape index (κ3) is 10.8. The number of halogens is 1. The van der Waals surface area contributed by atoms with Crippen LogP contribution in [0.2, 0.25) is 5.02 Å². The van der Waals surface area contributed by atoms with Crippen LogP contribution in [0.3, 0.4) is 0 Å². The number of amides is 3. The zero-order valence-electron chi connectivity index (χ0n) is 25.7. The van der Waals surface area contributed by atoms with Crippen LogP contribution < -0.4 is 16.1 Å². The van der Waals surface area contributed by atoms with Gasteiger partial charge in [-0.25, -0.2) is 9.80 Å². The number of carbonyl (C=O) groups is 3. The average Bonchev–Trinajstić information content (AvgIpc) is 3.35. The number of hydrogen-bond donors (Lipinski definition) is 3. The van der Waals surface area contributed by atoms with Crippen LogP contribution in [0.4, 0.5) is 4.79 Å². The van der Waals surface area contributed by atoms with Crippen LogP contribution in [0.15, 0.2) is 24.3 Å². The molecule has 3 atom stereocenters. The maximum absolute atomic E-state index is 13.6. The highest BCUT2D eigenvalue weighted by Gasteiger charge is 2.37. The Bertz CT molecular complexity index is 1010. The molecule has 3 N–H and O–H groups in total. The first-order chi connectivity index (χ1) is 19.3. The van der Waals surface area contributed by atoms with Gasteiger partial charge in [-0.2, -0.15) is 0 Å². The van der Waals surface area contributed by atoms with Crippen molar-refractivity contribution in [2.75, 3.05) is 19.6 Å². The molecule has 1 aliphatic carbocycles. The highest BCUT2D eigenvalue weighted by Crippen LogP contribution is 2.28. The quantitative estimate of drug-likeness (QED) is 0.345. The number of benzene rings is 1. The Hall–Kier alpha value is -2.36. The van der Waals surface area contributed by atoms with Gasteiger partial charge in [0, 0.05) is 48.7 Å². The molecule has 2 fully saturated rings. The summed E-state index contributed by atoms with van der Waals surface area (Å²) in [6.07, 6.45) is 6.48. The van der Waals surface area contributed by atoms with Gasteiger partial charge in [0.1, 0.15) is 5.60 Å². The fraction of sp³-hybridized carbons (Fsp3) is 0.710. The van der Waals surface area contributed by atoms with E-state index in [2.05, 4.69) is 21.0 Å². The van der Waals surface area contributed by atoms with E-state index in [1.807, 2.05) is 70.8 Å². The van der Waals surface area contributed by atoms with Gasteiger partial charge in [-0.15, -0.1) is 0 Å². The summed E-state index contributed by atoms with van der Waals surface area (Å²) < 4.78 is 5.34. The smallest absolute Gasteiger partial charge is 0.407 e. The summed E-state index contributed by atoms with van der Waals surface area (Å²) in [5, 5.41) is 8.75. The molecule has 1 aromatic carbocycles. The van der Waals surface area contributed by atoms with Crippen LogP contribution in [-0.2, 0) is 20.7 Å². The molecule has 0 radical (unpaired) electrons. The van der Waals surface area contributed by atoms with E-state index < -0.39 is 17.7 Å². The van der Waals surface area contributed by atoms with Crippen LogP contribution in [0.25, 0.3) is 0 Å². The Morgan fingerprint density at radius 3 is 2.29 bits per heavy atom. The van der Waals surface area contributed by atoms with E-state index >= 15 is 0 Å². The molecule has 9 nitrogen and oxygen atoms in total. The zero-order valence-corrected chi connectivity index (χ0v) is 26.4. The van der Waals surface area contributed by atoms with Crippen LogP contribution in [0.1, 0.15) is 85.6 Å². The minimum atomic E-state index is -0.586. The van der Waals surface area contributed by atoms with E-state index in [9.17, 15) is 14.4 Å². The molecule has 1 aliphatic heterocycles. The third-order valence-corrected chi connectivity index (χ3v) is 7.90. The topological polar surface area (TPSA) is 103 Å². The molecule has 2 aliphatic rings. The van der Waals surface area contributed by atoms with Gasteiger partial charge in [0.15, 0.2) is 0 Å². The van der Waals surface area contributed by atoms with Crippen LogP contribution >= 0.6 is 11.6 Å². The summed E-state index contributed by atoms with van der Waals surface area (Å²) in [5.41, 5.74) is 3.51. The van der Waals surface area contributed by atoms with E-state index in [0.717, 1.165) is 24.8 Å². The Morgan fingerprint density at radius 1 is 1.02 bits per heavy atom. The lowest BCUT2D eigenvalue weighted by Gasteiger charge is -2.39. The lowest BCUT2D eigenvalue weighted by molar-refractivity contribution is -0.140. The fourth-order valence-electron chi connectivity index (χ4n) is 5.66. The number of carbonyl (C=O) groups excluding carboxylic acids is 3. The Kier molecular flexibility index (Phi) is 12.3. The van der Waals surface area contributed by atoms with Crippen molar-refractivity contribution in [1.29, 1.82) is 0 Å². The zero-order chi connectivity index (χ0) is 30.2. The molecule has 3 rings (SSSR count). The molecule has 0 bridgehead atoms. The second-order valence-electron chi connectivity index (χ2n) is 12.9. The number of hydrogen-bond acceptors (Lipinski definition) is 6. The maximum atomic E-state index is 13.6. The Balaban J connectivity index is 1.64. The minimum absolute atomic E-state index is 0.0516. The lowest BCUT2D eigenvalue weighted by atomic mass is 9.92. The number of rotatable bonds is 11. The molecule has 1 unspecified atom stereocenters. The number of alkyl carbamates (subject to hydrolysis) is 1. The molecule has 0 spiro atoms. The predicted molar refractivity (Wildman–Crippen MR) is 162 cm³/mol. The SMILES string of the molecule is CC(CNC(=O)OC(C)(C)C)N[C@H](Cc1ccc(Cl)cc1)C(=O)NN1CC[C@H](N(C(=O)C(C)C)C2CCCCC2)C1. The third-order valence-electron chi connectivity index (χ3n) is 7.65. The van der Waals surface area contributed by atoms with Crippen molar-refractivity contribution in [2.24, 2.45) is 5.92 Å². The summed E-state index contributed by atoms with van der Waals surface area (Å²) in [5.74, 6) is 0.0112. The molecule has 1 saturated heterocycles. The summed E-state index contributed by atoms with van der Waals surface area (Å²) in [4.78, 5) is 41.2. The monoisotopic (exact) mass is 591 g/mol. The summed E-state index contributed by atoms with van der Waals surface area (Å²) >= 11 is 6.08. The minimum Gasteiger partial charge on any atom is -0.444 e. The molecule has 230 valence electrons. The molecule has 1 heterocycles. The Morgan fingerprint density at radius 2 is 1.68 bits per heavy atom. The largest absolute Gasteiger partial charge is 0.444 e. The summed E-state index contributed by atoms with van der Waals surface area (Å²) in [7, 11) is 0. The first-order valence-corrected chi connectivity index (χ1v) is 15.5. The van der Waals surface area contributed by atoms with Gasteiger partial charge in [0.2, 0.25) is 5.91 Å². The van der Waals surface area contributed by atoms with E-state index in [1.165, 1.54) is 19.3 Å². The van der Waals surface area contributed by atoms with Crippen molar-refractivity contribution in [3.8, 4) is 0 Å². The summed E-state index contributed by atoms with van der Waals surface area (Å²) in [6.45, 7) is 12.9. The first-order valence-electron chi connectivity index (χ1n) is 15.2. The molecule has 1 aromatic rings. The van der Waals surface area contributed by atoms with Gasteiger partial charge in [-0.3, -0.25) is 15.0 Å². The van der Waals surface area contributed by atoms with Crippen LogP contribution in [-0.4, -0.2) is 77.2 Å². The van der Waals surface area contributed by atoms with Crippen molar-refractivity contribution in [3.63, 3.8) is 0 Å². The Labute approximate surface area is 251 Å². The molecule has 41 heavy (non-hydrogen) atoms. The molecule has 0 aromatic heterocycles.